The van der Waals surface area contributed by atoms with Gasteiger partial charge >= 0.3 is 0 Å². The Labute approximate surface area is 201 Å². The van der Waals surface area contributed by atoms with Crippen molar-refractivity contribution in [1.82, 2.24) is 9.80 Å². The predicted molar refractivity (Wildman–Crippen MR) is 135 cm³/mol. The van der Waals surface area contributed by atoms with Gasteiger partial charge in [0.2, 0.25) is 5.91 Å². The van der Waals surface area contributed by atoms with E-state index in [-0.39, 0.29) is 11.8 Å². The highest BCUT2D eigenvalue weighted by Crippen LogP contribution is 2.28. The maximum atomic E-state index is 13.9. The Bertz CT molecular complexity index is 1200. The average Bonchev–Trinajstić information content (AvgIpc) is 3.20. The summed E-state index contributed by atoms with van der Waals surface area (Å²) in [5.74, 6) is 0.00419. The minimum Gasteiger partial charge on any atom is -0.368 e. The third-order valence-electron chi connectivity index (χ3n) is 7.08. The molecule has 0 aromatic heterocycles. The first-order chi connectivity index (χ1) is 16.5. The van der Waals surface area contributed by atoms with E-state index in [1.807, 2.05) is 59.5 Å². The van der Waals surface area contributed by atoms with Crippen molar-refractivity contribution in [3.63, 3.8) is 0 Å². The van der Waals surface area contributed by atoms with Crippen LogP contribution in [0.15, 0.2) is 72.8 Å². The molecule has 5 heteroatoms. The number of aryl methyl sites for hydroxylation is 2. The molecule has 34 heavy (non-hydrogen) atoms. The third-order valence-corrected chi connectivity index (χ3v) is 7.08. The number of hydrogen-bond donors (Lipinski definition) is 0. The van der Waals surface area contributed by atoms with Crippen LogP contribution in [0, 0.1) is 13.8 Å². The summed E-state index contributed by atoms with van der Waals surface area (Å²) in [4.78, 5) is 33.2. The Morgan fingerprint density at radius 3 is 2.32 bits per heavy atom. The van der Waals surface area contributed by atoms with Gasteiger partial charge in [-0.1, -0.05) is 60.7 Å². The summed E-state index contributed by atoms with van der Waals surface area (Å²) in [7, 11) is 0. The molecule has 0 radical (unpaired) electrons. The van der Waals surface area contributed by atoms with Crippen LogP contribution in [0.5, 0.6) is 0 Å². The van der Waals surface area contributed by atoms with Crippen LogP contribution in [0.3, 0.4) is 0 Å². The number of carbonyl (C=O) groups is 2. The number of amides is 2. The highest BCUT2D eigenvalue weighted by molar-refractivity contribution is 6.01. The smallest absolute Gasteiger partial charge is 0.255 e. The molecular weight excluding hydrogens is 422 g/mol. The molecule has 2 amide bonds. The van der Waals surface area contributed by atoms with Gasteiger partial charge in [0.05, 0.1) is 0 Å². The molecule has 2 aliphatic heterocycles. The minimum atomic E-state index is -0.505. The van der Waals surface area contributed by atoms with Gasteiger partial charge in [0.25, 0.3) is 5.91 Å². The highest BCUT2D eigenvalue weighted by Gasteiger charge is 2.38. The van der Waals surface area contributed by atoms with E-state index >= 15 is 0 Å². The molecule has 0 saturated carbocycles. The van der Waals surface area contributed by atoms with Crippen LogP contribution >= 0.6 is 0 Å². The summed E-state index contributed by atoms with van der Waals surface area (Å²) in [6.07, 6.45) is 0.524. The molecule has 5 rings (SSSR count). The number of nitrogens with zero attached hydrogens (tertiary/aromatic N) is 3. The van der Waals surface area contributed by atoms with Crippen LogP contribution in [-0.2, 0) is 17.8 Å². The van der Waals surface area contributed by atoms with Crippen molar-refractivity contribution in [3.8, 4) is 0 Å². The standard InChI is InChI=1S/C29H31N3O2/c1-21-12-13-22(2)26(18-21)30-14-16-31(17-15-30)29(34)27(19-23-8-4-3-5-9-23)32-20-24-10-6-7-11-25(24)28(32)33/h3-13,18,27H,14-17,19-20H2,1-2H3/t27-/m1/s1. The number of rotatable bonds is 5. The van der Waals surface area contributed by atoms with E-state index in [0.717, 1.165) is 24.2 Å². The predicted octanol–water partition coefficient (Wildman–Crippen LogP) is 4.22. The molecule has 0 aliphatic carbocycles. The fourth-order valence-electron chi connectivity index (χ4n) is 5.14. The average molecular weight is 454 g/mol. The van der Waals surface area contributed by atoms with E-state index in [1.54, 1.807) is 4.90 Å². The van der Waals surface area contributed by atoms with E-state index < -0.39 is 6.04 Å². The van der Waals surface area contributed by atoms with Crippen molar-refractivity contribution in [2.75, 3.05) is 31.1 Å². The normalized spacial score (nSPS) is 16.5. The van der Waals surface area contributed by atoms with Gasteiger partial charge in [-0.05, 0) is 48.2 Å². The van der Waals surface area contributed by atoms with Gasteiger partial charge in [0.15, 0.2) is 0 Å². The second kappa shape index (κ2) is 9.34. The van der Waals surface area contributed by atoms with Crippen molar-refractivity contribution in [2.45, 2.75) is 32.9 Å². The Kier molecular flexibility index (Phi) is 6.10. The monoisotopic (exact) mass is 453 g/mol. The van der Waals surface area contributed by atoms with E-state index in [0.29, 0.717) is 31.6 Å². The fourth-order valence-corrected chi connectivity index (χ4v) is 5.14. The Balaban J connectivity index is 1.35. The van der Waals surface area contributed by atoms with Crippen LogP contribution in [0.1, 0.15) is 32.6 Å². The molecule has 5 nitrogen and oxygen atoms in total. The highest BCUT2D eigenvalue weighted by atomic mass is 16.2. The zero-order valence-corrected chi connectivity index (χ0v) is 19.9. The maximum Gasteiger partial charge on any atom is 0.255 e. The van der Waals surface area contributed by atoms with E-state index in [1.165, 1.54) is 16.8 Å². The third kappa shape index (κ3) is 4.30. The van der Waals surface area contributed by atoms with Crippen molar-refractivity contribution >= 4 is 17.5 Å². The van der Waals surface area contributed by atoms with Crippen LogP contribution in [-0.4, -0.2) is 53.8 Å². The van der Waals surface area contributed by atoms with Crippen molar-refractivity contribution < 1.29 is 9.59 Å². The molecule has 1 saturated heterocycles. The molecule has 174 valence electrons. The summed E-state index contributed by atoms with van der Waals surface area (Å²) < 4.78 is 0. The first kappa shape index (κ1) is 22.2. The van der Waals surface area contributed by atoms with Gasteiger partial charge in [-0.2, -0.15) is 0 Å². The Morgan fingerprint density at radius 2 is 1.59 bits per heavy atom. The lowest BCUT2D eigenvalue weighted by atomic mass is 10.0. The molecule has 2 aliphatic rings. The minimum absolute atomic E-state index is 0.0427. The largest absolute Gasteiger partial charge is 0.368 e. The van der Waals surface area contributed by atoms with Gasteiger partial charge < -0.3 is 14.7 Å². The lowest BCUT2D eigenvalue weighted by Gasteiger charge is -2.39. The first-order valence-corrected chi connectivity index (χ1v) is 12.0. The van der Waals surface area contributed by atoms with E-state index in [4.69, 9.17) is 0 Å². The van der Waals surface area contributed by atoms with Crippen LogP contribution in [0.25, 0.3) is 0 Å². The topological polar surface area (TPSA) is 43.9 Å². The van der Waals surface area contributed by atoms with Gasteiger partial charge in [-0.15, -0.1) is 0 Å². The number of piperazine rings is 1. The molecule has 0 spiro atoms. The Hall–Kier alpha value is -3.60. The lowest BCUT2D eigenvalue weighted by Crippen LogP contribution is -2.55. The molecule has 0 unspecified atom stereocenters. The van der Waals surface area contributed by atoms with Crippen molar-refractivity contribution in [1.29, 1.82) is 0 Å². The molecule has 0 bridgehead atoms. The second-order valence-corrected chi connectivity index (χ2v) is 9.40. The number of anilines is 1. The van der Waals surface area contributed by atoms with E-state index in [2.05, 4.69) is 36.9 Å². The molecule has 0 N–H and O–H groups in total. The van der Waals surface area contributed by atoms with E-state index in [9.17, 15) is 9.59 Å². The van der Waals surface area contributed by atoms with Crippen molar-refractivity contribution in [2.24, 2.45) is 0 Å². The van der Waals surface area contributed by atoms with Crippen LogP contribution < -0.4 is 4.90 Å². The Morgan fingerprint density at radius 1 is 0.882 bits per heavy atom. The summed E-state index contributed by atoms with van der Waals surface area (Å²) in [6.45, 7) is 7.64. The zero-order chi connectivity index (χ0) is 23.7. The maximum absolute atomic E-state index is 13.9. The van der Waals surface area contributed by atoms with Gasteiger partial charge in [-0.3, -0.25) is 9.59 Å². The number of hydrogen-bond acceptors (Lipinski definition) is 3. The molecule has 1 fully saturated rings. The van der Waals surface area contributed by atoms with Gasteiger partial charge in [-0.25, -0.2) is 0 Å². The quantitative estimate of drug-likeness (QED) is 0.581. The molecule has 3 aromatic carbocycles. The van der Waals surface area contributed by atoms with Crippen LogP contribution in [0.4, 0.5) is 5.69 Å². The number of carbonyl (C=O) groups excluding carboxylic acids is 2. The summed E-state index contributed by atoms with van der Waals surface area (Å²) in [5.41, 5.74) is 6.53. The summed E-state index contributed by atoms with van der Waals surface area (Å²) in [5, 5.41) is 0. The molecular formula is C29H31N3O2. The SMILES string of the molecule is Cc1ccc(C)c(N2CCN(C(=O)[C@@H](Cc3ccccc3)N3Cc4ccccc4C3=O)CC2)c1. The lowest BCUT2D eigenvalue weighted by molar-refractivity contribution is -0.136. The van der Waals surface area contributed by atoms with Gasteiger partial charge in [0, 0.05) is 50.4 Å². The first-order valence-electron chi connectivity index (χ1n) is 12.0. The van der Waals surface area contributed by atoms with Crippen LogP contribution in [0.2, 0.25) is 0 Å². The number of benzene rings is 3. The zero-order valence-electron chi connectivity index (χ0n) is 19.9. The van der Waals surface area contributed by atoms with Gasteiger partial charge in [0.1, 0.15) is 6.04 Å². The fraction of sp³-hybridized carbons (Fsp3) is 0.310. The molecule has 2 heterocycles. The molecule has 3 aromatic rings. The molecule has 1 atom stereocenters. The summed E-state index contributed by atoms with van der Waals surface area (Å²) in [6, 6.07) is 23.7. The number of fused-ring (bicyclic) bond motifs is 1. The second-order valence-electron chi connectivity index (χ2n) is 9.40. The summed E-state index contributed by atoms with van der Waals surface area (Å²) >= 11 is 0. The van der Waals surface area contributed by atoms with Crippen molar-refractivity contribution in [3.05, 3.63) is 101 Å².